The van der Waals surface area contributed by atoms with Crippen LogP contribution in [-0.2, 0) is 11.2 Å². The number of carbonyl (C=O) groups is 1. The Balaban J connectivity index is 1.28. The third-order valence-electron chi connectivity index (χ3n) is 5.40. The van der Waals surface area contributed by atoms with Gasteiger partial charge in [-0.3, -0.25) is 4.79 Å². The molecule has 3 heterocycles. The molecule has 1 fully saturated rings. The lowest BCUT2D eigenvalue weighted by Gasteiger charge is -2.32. The standard InChI is InChI=1S/C22H22N2O3S/c25-21(13-15-7-8-18-19(12-15)27-11-10-26-18)24-9-3-4-16(14-24)22-23-17-5-1-2-6-20(17)28-22/h1-2,5-8,12,16H,3-4,9-11,13-14H2. The van der Waals surface area contributed by atoms with Crippen molar-refractivity contribution in [1.29, 1.82) is 0 Å². The lowest BCUT2D eigenvalue weighted by Crippen LogP contribution is -2.39. The van der Waals surface area contributed by atoms with Gasteiger partial charge in [-0.15, -0.1) is 11.3 Å². The number of aromatic nitrogens is 1. The van der Waals surface area contributed by atoms with Crippen molar-refractivity contribution >= 4 is 27.5 Å². The van der Waals surface area contributed by atoms with E-state index in [1.165, 1.54) is 4.70 Å². The molecule has 1 atom stereocenters. The predicted octanol–water partition coefficient (Wildman–Crippen LogP) is 4.02. The molecule has 2 aliphatic heterocycles. The average molecular weight is 394 g/mol. The van der Waals surface area contributed by atoms with E-state index in [1.807, 2.05) is 35.2 Å². The van der Waals surface area contributed by atoms with Crippen molar-refractivity contribution in [3.63, 3.8) is 0 Å². The minimum atomic E-state index is 0.169. The number of likely N-dealkylation sites (tertiary alicyclic amines) is 1. The Morgan fingerprint density at radius 3 is 2.89 bits per heavy atom. The molecule has 5 nitrogen and oxygen atoms in total. The number of thiazole rings is 1. The smallest absolute Gasteiger partial charge is 0.227 e. The number of amides is 1. The lowest BCUT2D eigenvalue weighted by molar-refractivity contribution is -0.131. The number of hydrogen-bond donors (Lipinski definition) is 0. The molecule has 2 aromatic carbocycles. The molecule has 6 heteroatoms. The van der Waals surface area contributed by atoms with Crippen LogP contribution < -0.4 is 9.47 Å². The van der Waals surface area contributed by atoms with Crippen molar-refractivity contribution in [2.24, 2.45) is 0 Å². The van der Waals surface area contributed by atoms with E-state index in [4.69, 9.17) is 14.5 Å². The quantitative estimate of drug-likeness (QED) is 0.673. The van der Waals surface area contributed by atoms with Crippen molar-refractivity contribution in [3.8, 4) is 11.5 Å². The Bertz CT molecular complexity index is 983. The van der Waals surface area contributed by atoms with Gasteiger partial charge >= 0.3 is 0 Å². The van der Waals surface area contributed by atoms with E-state index in [9.17, 15) is 4.79 Å². The molecule has 0 N–H and O–H groups in total. The molecule has 0 aliphatic carbocycles. The van der Waals surface area contributed by atoms with E-state index in [1.54, 1.807) is 11.3 Å². The summed E-state index contributed by atoms with van der Waals surface area (Å²) < 4.78 is 12.4. The maximum absolute atomic E-state index is 12.9. The van der Waals surface area contributed by atoms with Crippen LogP contribution >= 0.6 is 11.3 Å². The molecule has 5 rings (SSSR count). The SMILES string of the molecule is O=C(Cc1ccc2c(c1)OCCO2)N1CCCC(c2nc3ccccc3s2)C1. The van der Waals surface area contributed by atoms with Crippen molar-refractivity contribution in [2.75, 3.05) is 26.3 Å². The molecular formula is C22H22N2O3S. The molecule has 1 amide bonds. The Hall–Kier alpha value is -2.60. The lowest BCUT2D eigenvalue weighted by atomic mass is 9.98. The number of carbonyl (C=O) groups excluding carboxylic acids is 1. The first-order valence-corrected chi connectivity index (χ1v) is 10.6. The van der Waals surface area contributed by atoms with E-state index in [0.717, 1.165) is 53.5 Å². The summed E-state index contributed by atoms with van der Waals surface area (Å²) in [7, 11) is 0. The fourth-order valence-corrected chi connectivity index (χ4v) is 5.05. The van der Waals surface area contributed by atoms with Gasteiger partial charge in [0.05, 0.1) is 21.6 Å². The van der Waals surface area contributed by atoms with Gasteiger partial charge in [0, 0.05) is 19.0 Å². The molecule has 1 aromatic heterocycles. The van der Waals surface area contributed by atoms with Crippen LogP contribution in [0.1, 0.15) is 29.3 Å². The second-order valence-corrected chi connectivity index (χ2v) is 8.42. The van der Waals surface area contributed by atoms with E-state index in [-0.39, 0.29) is 5.91 Å². The summed E-state index contributed by atoms with van der Waals surface area (Å²) in [6, 6.07) is 14.0. The summed E-state index contributed by atoms with van der Waals surface area (Å²) in [6.45, 7) is 2.71. The summed E-state index contributed by atoms with van der Waals surface area (Å²) in [4.78, 5) is 19.7. The molecule has 1 saturated heterocycles. The summed E-state index contributed by atoms with van der Waals surface area (Å²) >= 11 is 1.76. The van der Waals surface area contributed by atoms with Crippen LogP contribution in [-0.4, -0.2) is 42.1 Å². The highest BCUT2D eigenvalue weighted by Gasteiger charge is 2.27. The van der Waals surface area contributed by atoms with Gasteiger partial charge in [0.15, 0.2) is 11.5 Å². The normalized spacial score (nSPS) is 19.0. The molecular weight excluding hydrogens is 372 g/mol. The maximum Gasteiger partial charge on any atom is 0.227 e. The van der Waals surface area contributed by atoms with Crippen LogP contribution in [0.4, 0.5) is 0 Å². The number of ether oxygens (including phenoxy) is 2. The third kappa shape index (κ3) is 3.44. The molecule has 2 aliphatic rings. The zero-order chi connectivity index (χ0) is 18.9. The third-order valence-corrected chi connectivity index (χ3v) is 6.59. The number of para-hydroxylation sites is 1. The minimum Gasteiger partial charge on any atom is -0.486 e. The fourth-order valence-electron chi connectivity index (χ4n) is 3.95. The van der Waals surface area contributed by atoms with Crippen LogP contribution in [0.2, 0.25) is 0 Å². The Morgan fingerprint density at radius 1 is 1.14 bits per heavy atom. The van der Waals surface area contributed by atoms with Gasteiger partial charge in [0.2, 0.25) is 5.91 Å². The van der Waals surface area contributed by atoms with Gasteiger partial charge in [-0.05, 0) is 42.7 Å². The molecule has 0 radical (unpaired) electrons. The molecule has 3 aromatic rings. The summed E-state index contributed by atoms with van der Waals surface area (Å²) in [5.74, 6) is 2.00. The number of fused-ring (bicyclic) bond motifs is 2. The van der Waals surface area contributed by atoms with Crippen LogP contribution in [0, 0.1) is 0 Å². The second-order valence-electron chi connectivity index (χ2n) is 7.35. The largest absolute Gasteiger partial charge is 0.486 e. The highest BCUT2D eigenvalue weighted by atomic mass is 32.1. The average Bonchev–Trinajstić information content (AvgIpc) is 3.18. The van der Waals surface area contributed by atoms with E-state index < -0.39 is 0 Å². The van der Waals surface area contributed by atoms with Gasteiger partial charge in [0.25, 0.3) is 0 Å². The minimum absolute atomic E-state index is 0.169. The van der Waals surface area contributed by atoms with Crippen molar-refractivity contribution in [3.05, 3.63) is 53.0 Å². The Kier molecular flexibility index (Phi) is 4.64. The van der Waals surface area contributed by atoms with Crippen LogP contribution in [0.25, 0.3) is 10.2 Å². The van der Waals surface area contributed by atoms with E-state index in [0.29, 0.717) is 25.6 Å². The zero-order valence-electron chi connectivity index (χ0n) is 15.6. The highest BCUT2D eigenvalue weighted by Crippen LogP contribution is 2.34. The monoisotopic (exact) mass is 394 g/mol. The summed E-state index contributed by atoms with van der Waals surface area (Å²) in [5.41, 5.74) is 2.03. The molecule has 0 saturated carbocycles. The first-order valence-electron chi connectivity index (χ1n) is 9.78. The van der Waals surface area contributed by atoms with Gasteiger partial charge in [0.1, 0.15) is 13.2 Å². The molecule has 28 heavy (non-hydrogen) atoms. The summed E-state index contributed by atoms with van der Waals surface area (Å²) in [6.07, 6.45) is 2.50. The molecule has 144 valence electrons. The van der Waals surface area contributed by atoms with Gasteiger partial charge < -0.3 is 14.4 Å². The van der Waals surface area contributed by atoms with Crippen molar-refractivity contribution < 1.29 is 14.3 Å². The first kappa shape index (κ1) is 17.5. The maximum atomic E-state index is 12.9. The molecule has 1 unspecified atom stereocenters. The highest BCUT2D eigenvalue weighted by molar-refractivity contribution is 7.18. The topological polar surface area (TPSA) is 51.7 Å². The van der Waals surface area contributed by atoms with Gasteiger partial charge in [-0.1, -0.05) is 18.2 Å². The second kappa shape index (κ2) is 7.43. The van der Waals surface area contributed by atoms with Gasteiger partial charge in [-0.25, -0.2) is 4.98 Å². The molecule has 0 spiro atoms. The van der Waals surface area contributed by atoms with Crippen LogP contribution in [0.15, 0.2) is 42.5 Å². The van der Waals surface area contributed by atoms with Crippen molar-refractivity contribution in [1.82, 2.24) is 9.88 Å². The number of rotatable bonds is 3. The van der Waals surface area contributed by atoms with E-state index in [2.05, 4.69) is 12.1 Å². The molecule has 0 bridgehead atoms. The van der Waals surface area contributed by atoms with Crippen LogP contribution in [0.5, 0.6) is 11.5 Å². The summed E-state index contributed by atoms with van der Waals surface area (Å²) in [5, 5.41) is 1.15. The first-order chi connectivity index (χ1) is 13.8. The van der Waals surface area contributed by atoms with Crippen LogP contribution in [0.3, 0.4) is 0 Å². The predicted molar refractivity (Wildman–Crippen MR) is 109 cm³/mol. The Morgan fingerprint density at radius 2 is 2.00 bits per heavy atom. The van der Waals surface area contributed by atoms with E-state index >= 15 is 0 Å². The number of nitrogens with zero attached hydrogens (tertiary/aromatic N) is 2. The fraction of sp³-hybridized carbons (Fsp3) is 0.364. The number of benzene rings is 2. The Labute approximate surface area is 167 Å². The zero-order valence-corrected chi connectivity index (χ0v) is 16.4. The van der Waals surface area contributed by atoms with Gasteiger partial charge in [-0.2, -0.15) is 0 Å². The number of hydrogen-bond acceptors (Lipinski definition) is 5. The number of piperidine rings is 1. The van der Waals surface area contributed by atoms with Crippen molar-refractivity contribution in [2.45, 2.75) is 25.2 Å².